The van der Waals surface area contributed by atoms with Crippen molar-refractivity contribution in [1.82, 2.24) is 4.98 Å². The van der Waals surface area contributed by atoms with Gasteiger partial charge in [-0.3, -0.25) is 4.98 Å². The largest absolute Gasteiger partial charge is 0.495 e. The quantitative estimate of drug-likeness (QED) is 0.789. The molecule has 0 saturated heterocycles. The van der Waals surface area contributed by atoms with Crippen LogP contribution in [0.25, 0.3) is 0 Å². The van der Waals surface area contributed by atoms with Gasteiger partial charge in [0.2, 0.25) is 0 Å². The van der Waals surface area contributed by atoms with Crippen LogP contribution in [0.1, 0.15) is 5.69 Å². The summed E-state index contributed by atoms with van der Waals surface area (Å²) >= 11 is 6.93. The lowest BCUT2D eigenvalue weighted by Crippen LogP contribution is -1.90. The minimum Gasteiger partial charge on any atom is -0.495 e. The molecule has 0 spiro atoms. The molecule has 0 unspecified atom stereocenters. The SMILES string of the molecule is COc1cc(CSc2cccs2)ncc1Br. The van der Waals surface area contributed by atoms with Crippen molar-refractivity contribution in [1.29, 1.82) is 0 Å². The summed E-state index contributed by atoms with van der Waals surface area (Å²) in [5.74, 6) is 1.70. The van der Waals surface area contributed by atoms with Gasteiger partial charge in [0.15, 0.2) is 0 Å². The lowest BCUT2D eigenvalue weighted by atomic mass is 10.3. The summed E-state index contributed by atoms with van der Waals surface area (Å²) in [6.45, 7) is 0. The summed E-state index contributed by atoms with van der Waals surface area (Å²) in [5, 5.41) is 2.08. The number of methoxy groups -OCH3 is 1. The number of thiophene rings is 1. The highest BCUT2D eigenvalue weighted by Crippen LogP contribution is 2.29. The van der Waals surface area contributed by atoms with Gasteiger partial charge in [-0.05, 0) is 27.4 Å². The average Bonchev–Trinajstić information content (AvgIpc) is 2.81. The number of nitrogens with zero attached hydrogens (tertiary/aromatic N) is 1. The molecule has 0 N–H and O–H groups in total. The third-order valence-electron chi connectivity index (χ3n) is 1.95. The zero-order valence-electron chi connectivity index (χ0n) is 8.64. The van der Waals surface area contributed by atoms with Crippen molar-refractivity contribution in [3.8, 4) is 5.75 Å². The third kappa shape index (κ3) is 2.99. The first-order valence-corrected chi connectivity index (χ1v) is 7.30. The molecule has 0 atom stereocenters. The maximum atomic E-state index is 5.23. The van der Waals surface area contributed by atoms with E-state index in [4.69, 9.17) is 4.74 Å². The predicted octanol–water partition coefficient (Wildman–Crippen LogP) is 4.21. The minimum absolute atomic E-state index is 0.830. The van der Waals surface area contributed by atoms with Gasteiger partial charge in [-0.15, -0.1) is 23.1 Å². The number of halogens is 1. The number of pyridine rings is 1. The molecule has 84 valence electrons. The van der Waals surface area contributed by atoms with Crippen LogP contribution in [0.3, 0.4) is 0 Å². The van der Waals surface area contributed by atoms with Crippen LogP contribution in [0.4, 0.5) is 0 Å². The molecule has 0 fully saturated rings. The molecule has 2 rings (SSSR count). The zero-order valence-corrected chi connectivity index (χ0v) is 11.9. The van der Waals surface area contributed by atoms with Gasteiger partial charge >= 0.3 is 0 Å². The Labute approximate surface area is 111 Å². The van der Waals surface area contributed by atoms with Gasteiger partial charge in [-0.1, -0.05) is 6.07 Å². The van der Waals surface area contributed by atoms with Crippen LogP contribution in [-0.4, -0.2) is 12.1 Å². The van der Waals surface area contributed by atoms with Crippen LogP contribution < -0.4 is 4.74 Å². The Morgan fingerprint density at radius 3 is 3.12 bits per heavy atom. The molecule has 0 aliphatic rings. The summed E-state index contributed by atoms with van der Waals surface area (Å²) in [7, 11) is 1.66. The van der Waals surface area contributed by atoms with Crippen molar-refractivity contribution in [3.63, 3.8) is 0 Å². The number of ether oxygens (including phenoxy) is 1. The molecule has 0 amide bonds. The van der Waals surface area contributed by atoms with Crippen molar-refractivity contribution in [2.24, 2.45) is 0 Å². The van der Waals surface area contributed by atoms with Crippen LogP contribution in [0.15, 0.2) is 38.5 Å². The first-order valence-electron chi connectivity index (χ1n) is 4.64. The number of hydrogen-bond donors (Lipinski definition) is 0. The predicted molar refractivity (Wildman–Crippen MR) is 72.4 cm³/mol. The highest BCUT2D eigenvalue weighted by atomic mass is 79.9. The van der Waals surface area contributed by atoms with E-state index in [1.165, 1.54) is 4.21 Å². The summed E-state index contributed by atoms with van der Waals surface area (Å²) < 4.78 is 7.43. The van der Waals surface area contributed by atoms with Crippen molar-refractivity contribution < 1.29 is 4.74 Å². The van der Waals surface area contributed by atoms with E-state index in [0.717, 1.165) is 21.7 Å². The van der Waals surface area contributed by atoms with Crippen molar-refractivity contribution >= 4 is 39.0 Å². The summed E-state index contributed by atoms with van der Waals surface area (Å²) in [6, 6.07) is 6.14. The van der Waals surface area contributed by atoms with E-state index in [1.54, 1.807) is 36.4 Å². The number of thioether (sulfide) groups is 1. The standard InChI is InChI=1S/C11H10BrNOS2/c1-14-10-5-8(13-6-9(10)12)7-16-11-3-2-4-15-11/h2-6H,7H2,1H3. The normalized spacial score (nSPS) is 10.4. The highest BCUT2D eigenvalue weighted by Gasteiger charge is 2.04. The lowest BCUT2D eigenvalue weighted by Gasteiger charge is -2.05. The minimum atomic E-state index is 0.830. The monoisotopic (exact) mass is 315 g/mol. The summed E-state index contributed by atoms with van der Waals surface area (Å²) in [4.78, 5) is 4.34. The molecule has 5 heteroatoms. The van der Waals surface area contributed by atoms with Crippen LogP contribution in [-0.2, 0) is 5.75 Å². The maximum absolute atomic E-state index is 5.23. The molecule has 0 saturated carbocycles. The molecular weight excluding hydrogens is 306 g/mol. The summed E-state index contributed by atoms with van der Waals surface area (Å²) in [5.41, 5.74) is 1.03. The first-order chi connectivity index (χ1) is 7.79. The molecule has 2 aromatic heterocycles. The van der Waals surface area contributed by atoms with Gasteiger partial charge in [-0.2, -0.15) is 0 Å². The van der Waals surface area contributed by atoms with E-state index in [1.807, 2.05) is 6.07 Å². The third-order valence-corrected chi connectivity index (χ3v) is 4.71. The van der Waals surface area contributed by atoms with Gasteiger partial charge in [0.1, 0.15) is 5.75 Å². The van der Waals surface area contributed by atoms with Crippen molar-refractivity contribution in [3.05, 3.63) is 39.9 Å². The molecule has 16 heavy (non-hydrogen) atoms. The van der Waals surface area contributed by atoms with Crippen molar-refractivity contribution in [2.45, 2.75) is 9.96 Å². The van der Waals surface area contributed by atoms with Gasteiger partial charge in [0.05, 0.1) is 21.5 Å². The Morgan fingerprint density at radius 1 is 1.56 bits per heavy atom. The molecule has 2 nitrogen and oxygen atoms in total. The Balaban J connectivity index is 2.04. The number of aromatic nitrogens is 1. The molecule has 2 heterocycles. The molecule has 0 aromatic carbocycles. The molecule has 0 radical (unpaired) electrons. The van der Waals surface area contributed by atoms with E-state index >= 15 is 0 Å². The number of rotatable bonds is 4. The molecule has 0 aliphatic carbocycles. The van der Waals surface area contributed by atoms with Gasteiger partial charge < -0.3 is 4.74 Å². The van der Waals surface area contributed by atoms with E-state index in [0.29, 0.717) is 0 Å². The van der Waals surface area contributed by atoms with Crippen LogP contribution in [0.5, 0.6) is 5.75 Å². The summed E-state index contributed by atoms with van der Waals surface area (Å²) in [6.07, 6.45) is 1.78. The van der Waals surface area contributed by atoms with E-state index in [-0.39, 0.29) is 0 Å². The fourth-order valence-electron chi connectivity index (χ4n) is 1.19. The second kappa shape index (κ2) is 5.70. The highest BCUT2D eigenvalue weighted by molar-refractivity contribution is 9.10. The first kappa shape index (κ1) is 12.0. The Bertz CT molecular complexity index is 459. The van der Waals surface area contributed by atoms with Gasteiger partial charge in [0, 0.05) is 18.0 Å². The molecular formula is C11H10BrNOS2. The number of hydrogen-bond acceptors (Lipinski definition) is 4. The molecule has 0 bridgehead atoms. The van der Waals surface area contributed by atoms with Crippen LogP contribution >= 0.6 is 39.0 Å². The second-order valence-electron chi connectivity index (χ2n) is 3.03. The fourth-order valence-corrected chi connectivity index (χ4v) is 3.25. The van der Waals surface area contributed by atoms with E-state index in [9.17, 15) is 0 Å². The Morgan fingerprint density at radius 2 is 2.44 bits per heavy atom. The fraction of sp³-hybridized carbons (Fsp3) is 0.182. The van der Waals surface area contributed by atoms with Gasteiger partial charge in [-0.25, -0.2) is 0 Å². The second-order valence-corrected chi connectivity index (χ2v) is 6.11. The molecule has 0 aliphatic heterocycles. The smallest absolute Gasteiger partial charge is 0.136 e. The topological polar surface area (TPSA) is 22.1 Å². The van der Waals surface area contributed by atoms with E-state index < -0.39 is 0 Å². The van der Waals surface area contributed by atoms with Crippen LogP contribution in [0.2, 0.25) is 0 Å². The van der Waals surface area contributed by atoms with Crippen molar-refractivity contribution in [2.75, 3.05) is 7.11 Å². The maximum Gasteiger partial charge on any atom is 0.136 e. The van der Waals surface area contributed by atoms with Gasteiger partial charge in [0.25, 0.3) is 0 Å². The zero-order chi connectivity index (χ0) is 11.4. The Hall–Kier alpha value is -0.520. The lowest BCUT2D eigenvalue weighted by molar-refractivity contribution is 0.411. The van der Waals surface area contributed by atoms with E-state index in [2.05, 4.69) is 38.4 Å². The Kier molecular flexibility index (Phi) is 4.26. The average molecular weight is 316 g/mol. The van der Waals surface area contributed by atoms with Crippen LogP contribution in [0, 0.1) is 0 Å². The molecule has 2 aromatic rings.